The van der Waals surface area contributed by atoms with Crippen LogP contribution >= 0.6 is 0 Å². The number of nitrogens with zero attached hydrogens (tertiary/aromatic N) is 1. The Morgan fingerprint density at radius 3 is 2.67 bits per heavy atom. The highest BCUT2D eigenvalue weighted by molar-refractivity contribution is 5.94. The molecule has 1 saturated heterocycles. The van der Waals surface area contributed by atoms with Crippen molar-refractivity contribution in [1.82, 2.24) is 10.2 Å². The van der Waals surface area contributed by atoms with E-state index in [1.807, 2.05) is 5.32 Å². The van der Waals surface area contributed by atoms with Crippen LogP contribution in [0.5, 0.6) is 0 Å². The Bertz CT molecular complexity index is 472. The molecule has 8 heteroatoms. The molecule has 0 spiro atoms. The smallest absolute Gasteiger partial charge is 0.313 e. The van der Waals surface area contributed by atoms with Crippen molar-refractivity contribution in [1.29, 1.82) is 0 Å². The summed E-state index contributed by atoms with van der Waals surface area (Å²) in [5.41, 5.74) is -0.552. The molecule has 1 aliphatic rings. The Hall–Kier alpha value is -1.93. The fourth-order valence-electron chi connectivity index (χ4n) is 1.99. The highest BCUT2D eigenvalue weighted by Crippen LogP contribution is 2.22. The van der Waals surface area contributed by atoms with E-state index in [0.717, 1.165) is 12.8 Å². The number of carbonyl (C=O) groups excluding carboxylic acids is 3. The van der Waals surface area contributed by atoms with Crippen molar-refractivity contribution in [3.63, 3.8) is 0 Å². The van der Waals surface area contributed by atoms with Gasteiger partial charge in [0.2, 0.25) is 6.41 Å². The van der Waals surface area contributed by atoms with E-state index in [1.54, 1.807) is 38.9 Å². The van der Waals surface area contributed by atoms with Crippen molar-refractivity contribution < 1.29 is 28.6 Å². The Kier molecular flexibility index (Phi) is 7.87. The van der Waals surface area contributed by atoms with Gasteiger partial charge in [-0.15, -0.1) is 0 Å². The van der Waals surface area contributed by atoms with Gasteiger partial charge in [0.1, 0.15) is 6.23 Å². The molecule has 0 aromatic carbocycles. The Labute approximate surface area is 142 Å². The van der Waals surface area contributed by atoms with Gasteiger partial charge in [-0.2, -0.15) is 0 Å². The minimum atomic E-state index is -0.552. The van der Waals surface area contributed by atoms with Crippen LogP contribution in [0.4, 0.5) is 0 Å². The van der Waals surface area contributed by atoms with E-state index < -0.39 is 11.3 Å². The lowest BCUT2D eigenvalue weighted by Gasteiger charge is -2.23. The summed E-state index contributed by atoms with van der Waals surface area (Å²) in [6.07, 6.45) is 4.46. The predicted molar refractivity (Wildman–Crippen MR) is 85.4 cm³/mol. The number of ether oxygens (including phenoxy) is 3. The highest BCUT2D eigenvalue weighted by atomic mass is 16.7. The van der Waals surface area contributed by atoms with Gasteiger partial charge in [-0.3, -0.25) is 19.7 Å². The summed E-state index contributed by atoms with van der Waals surface area (Å²) in [6, 6.07) is 0. The molecule has 0 aromatic rings. The van der Waals surface area contributed by atoms with Crippen molar-refractivity contribution in [2.75, 3.05) is 20.4 Å². The Balaban J connectivity index is 2.25. The first-order valence-corrected chi connectivity index (χ1v) is 7.78. The number of carbonyl (C=O) groups is 3. The fraction of sp³-hybridized carbons (Fsp3) is 0.688. The molecule has 1 heterocycles. The van der Waals surface area contributed by atoms with Crippen LogP contribution in [0.1, 0.15) is 33.6 Å². The average Bonchev–Trinajstić information content (AvgIpc) is 2.97. The molecule has 0 saturated carbocycles. The van der Waals surface area contributed by atoms with E-state index in [9.17, 15) is 14.4 Å². The first kappa shape index (κ1) is 20.1. The first-order valence-electron chi connectivity index (χ1n) is 7.78. The Morgan fingerprint density at radius 1 is 1.33 bits per heavy atom. The molecule has 1 aliphatic heterocycles. The van der Waals surface area contributed by atoms with Gasteiger partial charge < -0.3 is 19.1 Å². The molecule has 24 heavy (non-hydrogen) atoms. The number of hydrogen-bond acceptors (Lipinski definition) is 7. The van der Waals surface area contributed by atoms with Gasteiger partial charge >= 0.3 is 5.97 Å². The number of imide groups is 1. The number of amides is 2. The second-order valence-electron chi connectivity index (χ2n) is 6.57. The second kappa shape index (κ2) is 9.39. The van der Waals surface area contributed by atoms with Gasteiger partial charge in [-0.05, 0) is 33.6 Å². The van der Waals surface area contributed by atoms with Gasteiger partial charge in [0.05, 0.1) is 18.1 Å². The van der Waals surface area contributed by atoms with E-state index in [4.69, 9.17) is 14.2 Å². The molecule has 2 atom stereocenters. The zero-order chi connectivity index (χ0) is 18.2. The standard InChI is InChI=1S/C16H26N2O6/c1-16(2,3)15(21)23-11-22-9-12-5-6-14(24-12)18(4)8-7-13(20)17-10-19/h7-8,10,12,14H,5-6,9,11H2,1-4H3,(H,17,19,20)/b8-7-. The molecule has 1 rings (SSSR count). The summed E-state index contributed by atoms with van der Waals surface area (Å²) in [7, 11) is 1.78. The summed E-state index contributed by atoms with van der Waals surface area (Å²) in [5, 5.41) is 2.02. The average molecular weight is 342 g/mol. The van der Waals surface area contributed by atoms with Gasteiger partial charge in [0.25, 0.3) is 5.91 Å². The van der Waals surface area contributed by atoms with E-state index in [1.165, 1.54) is 6.08 Å². The number of esters is 1. The molecule has 0 aromatic heterocycles. The van der Waals surface area contributed by atoms with Crippen LogP contribution in [-0.2, 0) is 28.6 Å². The van der Waals surface area contributed by atoms with Gasteiger partial charge in [0.15, 0.2) is 6.79 Å². The number of rotatable bonds is 8. The SMILES string of the molecule is CN(/C=C\C(=O)NC=O)C1CCC(COCOC(=O)C(C)(C)C)O1. The first-order chi connectivity index (χ1) is 11.2. The van der Waals surface area contributed by atoms with E-state index in [-0.39, 0.29) is 25.1 Å². The maximum atomic E-state index is 11.6. The Morgan fingerprint density at radius 2 is 2.04 bits per heavy atom. The molecular weight excluding hydrogens is 316 g/mol. The third-order valence-corrected chi connectivity index (χ3v) is 3.39. The van der Waals surface area contributed by atoms with Gasteiger partial charge in [-0.1, -0.05) is 0 Å². The van der Waals surface area contributed by atoms with Gasteiger partial charge in [0, 0.05) is 19.3 Å². The summed E-state index contributed by atoms with van der Waals surface area (Å²) in [6.45, 7) is 5.57. The topological polar surface area (TPSA) is 94.2 Å². The fourth-order valence-corrected chi connectivity index (χ4v) is 1.99. The molecule has 0 bridgehead atoms. The number of nitrogens with one attached hydrogen (secondary N) is 1. The van der Waals surface area contributed by atoms with Gasteiger partial charge in [-0.25, -0.2) is 0 Å². The molecule has 1 N–H and O–H groups in total. The second-order valence-corrected chi connectivity index (χ2v) is 6.57. The molecule has 0 aliphatic carbocycles. The molecule has 2 unspecified atom stereocenters. The molecular formula is C16H26N2O6. The molecule has 0 radical (unpaired) electrons. The van der Waals surface area contributed by atoms with Crippen LogP contribution < -0.4 is 5.32 Å². The van der Waals surface area contributed by atoms with Crippen LogP contribution in [0.15, 0.2) is 12.3 Å². The van der Waals surface area contributed by atoms with Crippen LogP contribution in [-0.4, -0.2) is 56.0 Å². The normalized spacial score (nSPS) is 20.8. The van der Waals surface area contributed by atoms with E-state index in [2.05, 4.69) is 0 Å². The van der Waals surface area contributed by atoms with Crippen molar-refractivity contribution in [3.8, 4) is 0 Å². The largest absolute Gasteiger partial charge is 0.438 e. The zero-order valence-corrected chi connectivity index (χ0v) is 14.6. The lowest BCUT2D eigenvalue weighted by Crippen LogP contribution is -2.29. The predicted octanol–water partition coefficient (Wildman–Crippen LogP) is 0.773. The summed E-state index contributed by atoms with van der Waals surface area (Å²) in [5.74, 6) is -0.804. The molecule has 8 nitrogen and oxygen atoms in total. The van der Waals surface area contributed by atoms with Crippen LogP contribution in [0.25, 0.3) is 0 Å². The highest BCUT2D eigenvalue weighted by Gasteiger charge is 2.28. The van der Waals surface area contributed by atoms with Crippen molar-refractivity contribution in [2.24, 2.45) is 5.41 Å². The minimum absolute atomic E-state index is 0.0945. The maximum absolute atomic E-state index is 11.6. The minimum Gasteiger partial charge on any atom is -0.438 e. The lowest BCUT2D eigenvalue weighted by molar-refractivity contribution is -0.169. The summed E-state index contributed by atoms with van der Waals surface area (Å²) < 4.78 is 16.1. The lowest BCUT2D eigenvalue weighted by atomic mass is 9.98. The number of hydrogen-bond donors (Lipinski definition) is 1. The monoisotopic (exact) mass is 342 g/mol. The van der Waals surface area contributed by atoms with Crippen molar-refractivity contribution >= 4 is 18.3 Å². The van der Waals surface area contributed by atoms with Crippen molar-refractivity contribution in [3.05, 3.63) is 12.3 Å². The van der Waals surface area contributed by atoms with Crippen LogP contribution in [0.3, 0.4) is 0 Å². The maximum Gasteiger partial charge on any atom is 0.313 e. The quantitative estimate of drug-likeness (QED) is 0.229. The van der Waals surface area contributed by atoms with Crippen LogP contribution in [0, 0.1) is 5.41 Å². The molecule has 2 amide bonds. The van der Waals surface area contributed by atoms with Crippen molar-refractivity contribution in [2.45, 2.75) is 45.9 Å². The molecule has 1 fully saturated rings. The summed E-state index contributed by atoms with van der Waals surface area (Å²) in [4.78, 5) is 34.6. The summed E-state index contributed by atoms with van der Waals surface area (Å²) >= 11 is 0. The van der Waals surface area contributed by atoms with Crippen LogP contribution in [0.2, 0.25) is 0 Å². The molecule has 136 valence electrons. The third kappa shape index (κ3) is 7.10. The van der Waals surface area contributed by atoms with E-state index in [0.29, 0.717) is 13.0 Å². The van der Waals surface area contributed by atoms with E-state index >= 15 is 0 Å². The third-order valence-electron chi connectivity index (χ3n) is 3.39. The zero-order valence-electron chi connectivity index (χ0n) is 14.6.